The molecule has 1 aliphatic rings. The lowest BCUT2D eigenvalue weighted by Crippen LogP contribution is -2.51. The van der Waals surface area contributed by atoms with Crippen LogP contribution < -0.4 is 5.32 Å². The number of nitrogens with zero attached hydrogens (tertiary/aromatic N) is 2. The third kappa shape index (κ3) is 5.18. The van der Waals surface area contributed by atoms with Gasteiger partial charge in [0.15, 0.2) is 0 Å². The number of hydrogen-bond donors (Lipinski definition) is 1. The predicted octanol–water partition coefficient (Wildman–Crippen LogP) is 3.36. The van der Waals surface area contributed by atoms with E-state index in [1.165, 1.54) is 12.8 Å². The zero-order valence-electron chi connectivity index (χ0n) is 13.4. The van der Waals surface area contributed by atoms with E-state index >= 15 is 0 Å². The second-order valence-corrected chi connectivity index (χ2v) is 6.20. The van der Waals surface area contributed by atoms with Gasteiger partial charge in [-0.2, -0.15) is 0 Å². The number of amides is 2. The first kappa shape index (κ1) is 17.1. The highest BCUT2D eigenvalue weighted by Crippen LogP contribution is 2.17. The molecule has 0 atom stereocenters. The van der Waals surface area contributed by atoms with E-state index in [1.807, 2.05) is 23.1 Å². The van der Waals surface area contributed by atoms with Crippen LogP contribution in [-0.2, 0) is 6.54 Å². The fourth-order valence-electron chi connectivity index (χ4n) is 2.66. The molecule has 2 rings (SSSR count). The lowest BCUT2D eigenvalue weighted by atomic mass is 10.2. The summed E-state index contributed by atoms with van der Waals surface area (Å²) in [5.41, 5.74) is 1.15. The molecule has 1 fully saturated rings. The van der Waals surface area contributed by atoms with Crippen molar-refractivity contribution in [1.29, 1.82) is 0 Å². The van der Waals surface area contributed by atoms with Crippen LogP contribution in [-0.4, -0.2) is 48.6 Å². The van der Waals surface area contributed by atoms with Crippen LogP contribution in [0.1, 0.15) is 31.7 Å². The topological polar surface area (TPSA) is 35.6 Å². The minimum atomic E-state index is 0.0773. The lowest BCUT2D eigenvalue weighted by molar-refractivity contribution is 0.135. The van der Waals surface area contributed by atoms with Gasteiger partial charge in [-0.3, -0.25) is 4.90 Å². The monoisotopic (exact) mass is 323 g/mol. The summed E-state index contributed by atoms with van der Waals surface area (Å²) in [5.74, 6) is 0. The first-order valence-electron chi connectivity index (χ1n) is 8.19. The molecular formula is C17H26ClN3O. The van der Waals surface area contributed by atoms with Crippen LogP contribution in [0.25, 0.3) is 0 Å². The molecule has 22 heavy (non-hydrogen) atoms. The highest BCUT2D eigenvalue weighted by Gasteiger charge is 2.21. The number of hydrogen-bond acceptors (Lipinski definition) is 2. The number of urea groups is 1. The van der Waals surface area contributed by atoms with Crippen LogP contribution in [0, 0.1) is 0 Å². The van der Waals surface area contributed by atoms with Crippen molar-refractivity contribution in [3.63, 3.8) is 0 Å². The second-order valence-electron chi connectivity index (χ2n) is 5.79. The van der Waals surface area contributed by atoms with Crippen molar-refractivity contribution in [1.82, 2.24) is 15.1 Å². The zero-order chi connectivity index (χ0) is 15.8. The van der Waals surface area contributed by atoms with Gasteiger partial charge < -0.3 is 10.2 Å². The van der Waals surface area contributed by atoms with Crippen LogP contribution in [0.5, 0.6) is 0 Å². The van der Waals surface area contributed by atoms with E-state index in [0.717, 1.165) is 56.3 Å². The first-order valence-corrected chi connectivity index (χ1v) is 8.57. The SMILES string of the molecule is CCCCCNC(=O)N1CCN(Cc2ccccc2Cl)CC1. The summed E-state index contributed by atoms with van der Waals surface area (Å²) in [6.07, 6.45) is 3.41. The maximum Gasteiger partial charge on any atom is 0.317 e. The van der Waals surface area contributed by atoms with Gasteiger partial charge in [-0.1, -0.05) is 49.6 Å². The Morgan fingerprint density at radius 3 is 2.59 bits per heavy atom. The summed E-state index contributed by atoms with van der Waals surface area (Å²) in [6, 6.07) is 8.04. The van der Waals surface area contributed by atoms with Gasteiger partial charge in [0, 0.05) is 44.3 Å². The first-order chi connectivity index (χ1) is 10.7. The summed E-state index contributed by atoms with van der Waals surface area (Å²) < 4.78 is 0. The Labute approximate surface area is 138 Å². The number of unbranched alkanes of at least 4 members (excludes halogenated alkanes) is 2. The molecule has 0 unspecified atom stereocenters. The van der Waals surface area contributed by atoms with Crippen molar-refractivity contribution in [3.8, 4) is 0 Å². The van der Waals surface area contributed by atoms with Gasteiger partial charge in [0.1, 0.15) is 0 Å². The highest BCUT2D eigenvalue weighted by molar-refractivity contribution is 6.31. The number of benzene rings is 1. The quantitative estimate of drug-likeness (QED) is 0.815. The Balaban J connectivity index is 1.71. The van der Waals surface area contributed by atoms with E-state index in [2.05, 4.69) is 23.2 Å². The van der Waals surface area contributed by atoms with Crippen LogP contribution in [0.3, 0.4) is 0 Å². The standard InChI is InChI=1S/C17H26ClN3O/c1-2-3-6-9-19-17(22)21-12-10-20(11-13-21)14-15-7-4-5-8-16(15)18/h4-5,7-8H,2-3,6,9-14H2,1H3,(H,19,22). The van der Waals surface area contributed by atoms with E-state index in [4.69, 9.17) is 11.6 Å². The zero-order valence-corrected chi connectivity index (χ0v) is 14.1. The Hall–Kier alpha value is -1.26. The van der Waals surface area contributed by atoms with Crippen LogP contribution in [0.4, 0.5) is 4.79 Å². The van der Waals surface area contributed by atoms with Gasteiger partial charge in [0.25, 0.3) is 0 Å². The lowest BCUT2D eigenvalue weighted by Gasteiger charge is -2.34. The van der Waals surface area contributed by atoms with Crippen LogP contribution in [0.2, 0.25) is 5.02 Å². The molecule has 1 aliphatic heterocycles. The highest BCUT2D eigenvalue weighted by atomic mass is 35.5. The van der Waals surface area contributed by atoms with Crippen LogP contribution in [0.15, 0.2) is 24.3 Å². The number of halogens is 1. The third-order valence-corrected chi connectivity index (χ3v) is 4.44. The van der Waals surface area contributed by atoms with E-state index in [9.17, 15) is 4.79 Å². The summed E-state index contributed by atoms with van der Waals surface area (Å²) in [6.45, 7) is 7.16. The maximum atomic E-state index is 12.1. The molecule has 2 amide bonds. The molecule has 0 radical (unpaired) electrons. The Bertz CT molecular complexity index is 473. The second kappa shape index (κ2) is 9.01. The summed E-state index contributed by atoms with van der Waals surface area (Å²) >= 11 is 6.20. The van der Waals surface area contributed by atoms with Crippen molar-refractivity contribution < 1.29 is 4.79 Å². The number of carbonyl (C=O) groups excluding carboxylic acids is 1. The van der Waals surface area contributed by atoms with E-state index in [-0.39, 0.29) is 6.03 Å². The molecule has 1 N–H and O–H groups in total. The van der Waals surface area contributed by atoms with Gasteiger partial charge in [0.2, 0.25) is 0 Å². The van der Waals surface area contributed by atoms with E-state index in [1.54, 1.807) is 0 Å². The van der Waals surface area contributed by atoms with Crippen LogP contribution >= 0.6 is 11.6 Å². The number of rotatable bonds is 6. The minimum absolute atomic E-state index is 0.0773. The average molecular weight is 324 g/mol. The summed E-state index contributed by atoms with van der Waals surface area (Å²) in [7, 11) is 0. The number of piperazine rings is 1. The van der Waals surface area contributed by atoms with E-state index in [0.29, 0.717) is 0 Å². The average Bonchev–Trinajstić information content (AvgIpc) is 2.54. The predicted molar refractivity (Wildman–Crippen MR) is 91.2 cm³/mol. The molecule has 4 nitrogen and oxygen atoms in total. The normalized spacial score (nSPS) is 15.8. The fourth-order valence-corrected chi connectivity index (χ4v) is 2.85. The van der Waals surface area contributed by atoms with Crippen molar-refractivity contribution in [2.75, 3.05) is 32.7 Å². The summed E-state index contributed by atoms with van der Waals surface area (Å²) in [5, 5.41) is 3.83. The summed E-state index contributed by atoms with van der Waals surface area (Å²) in [4.78, 5) is 16.3. The molecule has 0 bridgehead atoms. The van der Waals surface area contributed by atoms with Gasteiger partial charge in [-0.05, 0) is 18.1 Å². The molecule has 122 valence electrons. The largest absolute Gasteiger partial charge is 0.338 e. The number of carbonyl (C=O) groups is 1. The Kier molecular flexibility index (Phi) is 7.00. The number of nitrogens with one attached hydrogen (secondary N) is 1. The molecule has 1 aromatic carbocycles. The molecular weight excluding hydrogens is 298 g/mol. The fraction of sp³-hybridized carbons (Fsp3) is 0.588. The van der Waals surface area contributed by atoms with Crippen molar-refractivity contribution in [2.24, 2.45) is 0 Å². The van der Waals surface area contributed by atoms with Gasteiger partial charge in [0.05, 0.1) is 0 Å². The minimum Gasteiger partial charge on any atom is -0.338 e. The Morgan fingerprint density at radius 2 is 1.91 bits per heavy atom. The molecule has 0 aromatic heterocycles. The third-order valence-electron chi connectivity index (χ3n) is 4.07. The molecule has 1 saturated heterocycles. The molecule has 1 heterocycles. The molecule has 1 aromatic rings. The van der Waals surface area contributed by atoms with Gasteiger partial charge in [-0.15, -0.1) is 0 Å². The Morgan fingerprint density at radius 1 is 1.18 bits per heavy atom. The molecule has 0 saturated carbocycles. The molecule has 0 spiro atoms. The smallest absolute Gasteiger partial charge is 0.317 e. The van der Waals surface area contributed by atoms with Gasteiger partial charge in [-0.25, -0.2) is 4.79 Å². The van der Waals surface area contributed by atoms with Crippen molar-refractivity contribution in [2.45, 2.75) is 32.7 Å². The van der Waals surface area contributed by atoms with E-state index < -0.39 is 0 Å². The van der Waals surface area contributed by atoms with Crippen molar-refractivity contribution in [3.05, 3.63) is 34.9 Å². The molecule has 0 aliphatic carbocycles. The van der Waals surface area contributed by atoms with Gasteiger partial charge >= 0.3 is 6.03 Å². The molecule has 5 heteroatoms. The van der Waals surface area contributed by atoms with Crippen molar-refractivity contribution >= 4 is 17.6 Å². The maximum absolute atomic E-state index is 12.1.